The number of nitrogens with one attached hydrogen (secondary N) is 1. The lowest BCUT2D eigenvalue weighted by atomic mass is 10.1. The summed E-state index contributed by atoms with van der Waals surface area (Å²) in [5, 5.41) is 13.4. The number of carboxylic acids is 1. The molecular weight excluding hydrogens is 268 g/mol. The Morgan fingerprint density at radius 2 is 2.26 bits per heavy atom. The van der Waals surface area contributed by atoms with Gasteiger partial charge < -0.3 is 10.4 Å². The van der Waals surface area contributed by atoms with Crippen molar-refractivity contribution in [2.24, 2.45) is 5.92 Å². The number of aliphatic carboxylic acids is 1. The molecule has 1 heterocycles. The number of aromatic nitrogens is 1. The second kappa shape index (κ2) is 5.56. The molecule has 7 heteroatoms. The molecular formula is C12H16N2O4S. The molecule has 19 heavy (non-hydrogen) atoms. The Morgan fingerprint density at radius 1 is 1.53 bits per heavy atom. The average molecular weight is 284 g/mol. The van der Waals surface area contributed by atoms with Gasteiger partial charge in [-0.2, -0.15) is 0 Å². The second-order valence-corrected chi connectivity index (χ2v) is 5.66. The molecule has 2 unspecified atom stereocenters. The molecule has 0 bridgehead atoms. The maximum atomic E-state index is 11.8. The standard InChI is InChI=1S/C12H16N2O4S/c1-7-6-19-12(18)14(7)5-10(15)13-9-3-2-8(4-9)11(16)17/h6,8-9H,2-5H2,1H3,(H,13,15)(H,16,17). The summed E-state index contributed by atoms with van der Waals surface area (Å²) in [7, 11) is 0. The number of carboxylic acid groups (broad SMARTS) is 1. The Kier molecular flexibility index (Phi) is 4.04. The first-order valence-corrected chi connectivity index (χ1v) is 7.02. The lowest BCUT2D eigenvalue weighted by Gasteiger charge is -2.13. The van der Waals surface area contributed by atoms with Crippen LogP contribution in [0.5, 0.6) is 0 Å². The predicted molar refractivity (Wildman–Crippen MR) is 70.2 cm³/mol. The van der Waals surface area contributed by atoms with Gasteiger partial charge in [0, 0.05) is 17.1 Å². The lowest BCUT2D eigenvalue weighted by Crippen LogP contribution is -2.37. The van der Waals surface area contributed by atoms with Gasteiger partial charge in [-0.05, 0) is 26.2 Å². The molecule has 1 saturated carbocycles. The number of hydrogen-bond acceptors (Lipinski definition) is 4. The van der Waals surface area contributed by atoms with Crippen molar-refractivity contribution in [2.45, 2.75) is 38.8 Å². The van der Waals surface area contributed by atoms with Crippen molar-refractivity contribution >= 4 is 23.2 Å². The molecule has 0 aliphatic heterocycles. The molecule has 0 radical (unpaired) electrons. The smallest absolute Gasteiger partial charge is 0.307 e. The van der Waals surface area contributed by atoms with Gasteiger partial charge in [-0.25, -0.2) is 0 Å². The fourth-order valence-corrected chi connectivity index (χ4v) is 3.08. The van der Waals surface area contributed by atoms with Crippen LogP contribution in [0.2, 0.25) is 0 Å². The molecule has 2 N–H and O–H groups in total. The highest BCUT2D eigenvalue weighted by molar-refractivity contribution is 7.07. The van der Waals surface area contributed by atoms with Crippen LogP contribution in [-0.4, -0.2) is 27.6 Å². The molecule has 6 nitrogen and oxygen atoms in total. The third-order valence-corrected chi connectivity index (χ3v) is 4.31. The van der Waals surface area contributed by atoms with Crippen LogP contribution in [0.4, 0.5) is 0 Å². The summed E-state index contributed by atoms with van der Waals surface area (Å²) in [4.78, 5) is 34.0. The van der Waals surface area contributed by atoms with Crippen molar-refractivity contribution < 1.29 is 14.7 Å². The van der Waals surface area contributed by atoms with E-state index in [4.69, 9.17) is 5.11 Å². The van der Waals surface area contributed by atoms with Gasteiger partial charge in [-0.1, -0.05) is 11.3 Å². The number of nitrogens with zero attached hydrogens (tertiary/aromatic N) is 1. The van der Waals surface area contributed by atoms with Gasteiger partial charge in [0.2, 0.25) is 5.91 Å². The minimum absolute atomic E-state index is 0.00239. The first-order chi connectivity index (χ1) is 8.97. The monoisotopic (exact) mass is 284 g/mol. The third-order valence-electron chi connectivity index (χ3n) is 3.43. The minimum atomic E-state index is -0.804. The van der Waals surface area contributed by atoms with Crippen molar-refractivity contribution in [3.8, 4) is 0 Å². The van der Waals surface area contributed by atoms with Crippen LogP contribution in [0.15, 0.2) is 10.2 Å². The summed E-state index contributed by atoms with van der Waals surface area (Å²) in [6.45, 7) is 1.78. The fourth-order valence-electron chi connectivity index (χ4n) is 2.35. The quantitative estimate of drug-likeness (QED) is 0.847. The summed E-state index contributed by atoms with van der Waals surface area (Å²) in [5.41, 5.74) is 0.764. The van der Waals surface area contributed by atoms with Crippen molar-refractivity contribution in [2.75, 3.05) is 0 Å². The highest BCUT2D eigenvalue weighted by atomic mass is 32.1. The van der Waals surface area contributed by atoms with Gasteiger partial charge in [0.1, 0.15) is 6.54 Å². The average Bonchev–Trinajstić information content (AvgIpc) is 2.91. The number of carbonyl (C=O) groups is 2. The van der Waals surface area contributed by atoms with E-state index >= 15 is 0 Å². The summed E-state index contributed by atoms with van der Waals surface area (Å²) in [6.07, 6.45) is 1.75. The van der Waals surface area contributed by atoms with E-state index in [2.05, 4.69) is 5.32 Å². The lowest BCUT2D eigenvalue weighted by molar-refractivity contribution is -0.141. The Morgan fingerprint density at radius 3 is 2.79 bits per heavy atom. The Hall–Kier alpha value is -1.63. The molecule has 2 atom stereocenters. The molecule has 1 aromatic rings. The van der Waals surface area contributed by atoms with E-state index in [0.29, 0.717) is 19.3 Å². The van der Waals surface area contributed by atoms with Crippen LogP contribution in [0, 0.1) is 12.8 Å². The summed E-state index contributed by atoms with van der Waals surface area (Å²) >= 11 is 1.07. The SMILES string of the molecule is Cc1csc(=O)n1CC(=O)NC1CCC(C(=O)O)C1. The van der Waals surface area contributed by atoms with Crippen molar-refractivity contribution in [1.29, 1.82) is 0 Å². The zero-order chi connectivity index (χ0) is 14.0. The Labute approximate surface area is 114 Å². The topological polar surface area (TPSA) is 88.4 Å². The number of carbonyl (C=O) groups excluding carboxylic acids is 1. The van der Waals surface area contributed by atoms with E-state index in [9.17, 15) is 14.4 Å². The zero-order valence-electron chi connectivity index (χ0n) is 10.6. The number of hydrogen-bond donors (Lipinski definition) is 2. The van der Waals surface area contributed by atoms with E-state index < -0.39 is 5.97 Å². The van der Waals surface area contributed by atoms with Crippen LogP contribution < -0.4 is 10.2 Å². The largest absolute Gasteiger partial charge is 0.481 e. The number of thiazole rings is 1. The first-order valence-electron chi connectivity index (χ1n) is 6.14. The zero-order valence-corrected chi connectivity index (χ0v) is 11.4. The third kappa shape index (κ3) is 3.23. The number of amides is 1. The van der Waals surface area contributed by atoms with Crippen LogP contribution >= 0.6 is 11.3 Å². The summed E-state index contributed by atoms with van der Waals surface area (Å²) < 4.78 is 1.42. The molecule has 2 rings (SSSR count). The first kappa shape index (κ1) is 13.8. The van der Waals surface area contributed by atoms with E-state index in [1.807, 2.05) is 0 Å². The van der Waals surface area contributed by atoms with Crippen LogP contribution in [0.3, 0.4) is 0 Å². The Balaban J connectivity index is 1.89. The summed E-state index contributed by atoms with van der Waals surface area (Å²) in [5.74, 6) is -1.41. The molecule has 1 fully saturated rings. The molecule has 1 aromatic heterocycles. The summed E-state index contributed by atoms with van der Waals surface area (Å²) in [6, 6.07) is -0.0942. The van der Waals surface area contributed by atoms with Crippen LogP contribution in [0.25, 0.3) is 0 Å². The van der Waals surface area contributed by atoms with Crippen molar-refractivity contribution in [1.82, 2.24) is 9.88 Å². The maximum Gasteiger partial charge on any atom is 0.307 e. The van der Waals surface area contributed by atoms with Crippen LogP contribution in [-0.2, 0) is 16.1 Å². The molecule has 1 aliphatic carbocycles. The Bertz CT molecular complexity index is 548. The number of rotatable bonds is 4. The van der Waals surface area contributed by atoms with Crippen molar-refractivity contribution in [3.05, 3.63) is 20.7 Å². The van der Waals surface area contributed by atoms with Gasteiger partial charge in [-0.3, -0.25) is 19.0 Å². The molecule has 1 amide bonds. The van der Waals surface area contributed by atoms with Gasteiger partial charge in [0.05, 0.1) is 5.92 Å². The number of aryl methyl sites for hydroxylation is 1. The second-order valence-electron chi connectivity index (χ2n) is 4.84. The molecule has 1 aliphatic rings. The van der Waals surface area contributed by atoms with E-state index in [1.54, 1.807) is 12.3 Å². The van der Waals surface area contributed by atoms with Gasteiger partial charge in [-0.15, -0.1) is 0 Å². The van der Waals surface area contributed by atoms with Crippen molar-refractivity contribution in [3.63, 3.8) is 0 Å². The molecule has 0 spiro atoms. The molecule has 104 valence electrons. The minimum Gasteiger partial charge on any atom is -0.481 e. The van der Waals surface area contributed by atoms with Crippen LogP contribution in [0.1, 0.15) is 25.0 Å². The highest BCUT2D eigenvalue weighted by Gasteiger charge is 2.30. The highest BCUT2D eigenvalue weighted by Crippen LogP contribution is 2.25. The molecule has 0 aromatic carbocycles. The van der Waals surface area contributed by atoms with E-state index in [1.165, 1.54) is 4.57 Å². The van der Waals surface area contributed by atoms with Gasteiger partial charge in [0.15, 0.2) is 0 Å². The maximum absolute atomic E-state index is 11.8. The van der Waals surface area contributed by atoms with E-state index in [-0.39, 0.29) is 29.3 Å². The molecule has 0 saturated heterocycles. The normalized spacial score (nSPS) is 22.4. The van der Waals surface area contributed by atoms with Gasteiger partial charge >= 0.3 is 10.8 Å². The van der Waals surface area contributed by atoms with Gasteiger partial charge in [0.25, 0.3) is 0 Å². The predicted octanol–water partition coefficient (Wildman–Crippen LogP) is 0.588. The fraction of sp³-hybridized carbons (Fsp3) is 0.583. The van der Waals surface area contributed by atoms with E-state index in [0.717, 1.165) is 17.0 Å².